The van der Waals surface area contributed by atoms with Gasteiger partial charge in [-0.15, -0.1) is 0 Å². The Bertz CT molecular complexity index is 947. The molecule has 1 N–H and O–H groups in total. The highest BCUT2D eigenvalue weighted by Crippen LogP contribution is 2.32. The summed E-state index contributed by atoms with van der Waals surface area (Å²) in [5.74, 6) is 1.21. The number of aromatic nitrogens is 2. The van der Waals surface area contributed by atoms with E-state index in [4.69, 9.17) is 4.74 Å². The average Bonchev–Trinajstić information content (AvgIpc) is 3.08. The van der Waals surface area contributed by atoms with Gasteiger partial charge in [-0.1, -0.05) is 18.2 Å². The first-order valence-corrected chi connectivity index (χ1v) is 11.4. The molecule has 8 heteroatoms. The van der Waals surface area contributed by atoms with Gasteiger partial charge in [-0.3, -0.25) is 9.89 Å². The topological polar surface area (TPSA) is 87.7 Å². The molecule has 0 unspecified atom stereocenters. The maximum absolute atomic E-state index is 12.9. The maximum Gasteiger partial charge on any atom is 0.228 e. The van der Waals surface area contributed by atoms with Crippen LogP contribution in [0.5, 0.6) is 0 Å². The van der Waals surface area contributed by atoms with Crippen LogP contribution in [0.25, 0.3) is 10.9 Å². The Kier molecular flexibility index (Phi) is 4.94. The SMILES string of the molecule is CCN=S1(=O)CCC2(CC1)CN(C(=O)Cc1[nH]nc3ccccc13)CCO2. The van der Waals surface area contributed by atoms with E-state index in [1.165, 1.54) is 0 Å². The van der Waals surface area contributed by atoms with Crippen LogP contribution in [0, 0.1) is 0 Å². The minimum absolute atomic E-state index is 0.0802. The Balaban J connectivity index is 1.45. The van der Waals surface area contributed by atoms with Crippen molar-refractivity contribution in [3.8, 4) is 0 Å². The van der Waals surface area contributed by atoms with E-state index < -0.39 is 9.73 Å². The highest BCUT2D eigenvalue weighted by atomic mass is 32.2. The van der Waals surface area contributed by atoms with Crippen LogP contribution in [0.15, 0.2) is 28.6 Å². The normalized spacial score (nSPS) is 28.6. The number of aromatic amines is 1. The average molecular weight is 391 g/mol. The second-order valence-corrected chi connectivity index (χ2v) is 9.99. The standard InChI is InChI=1S/C19H26N4O3S/c1-2-20-27(25)11-7-19(8-12-27)14-23(9-10-26-19)18(24)13-17-15-5-3-4-6-16(15)21-22-17/h3-6H,2,7-14H2,1H3,(H,21,22). The molecule has 0 bridgehead atoms. The molecule has 0 saturated carbocycles. The third-order valence-corrected chi connectivity index (χ3v) is 8.00. The molecule has 0 atom stereocenters. The zero-order valence-electron chi connectivity index (χ0n) is 15.6. The van der Waals surface area contributed by atoms with Crippen LogP contribution in [-0.2, 0) is 25.7 Å². The molecule has 2 aliphatic rings. The van der Waals surface area contributed by atoms with Gasteiger partial charge in [0.25, 0.3) is 0 Å². The summed E-state index contributed by atoms with van der Waals surface area (Å²) in [5.41, 5.74) is 1.36. The van der Waals surface area contributed by atoms with Crippen molar-refractivity contribution in [2.75, 3.05) is 37.7 Å². The van der Waals surface area contributed by atoms with Crippen molar-refractivity contribution < 1.29 is 13.7 Å². The van der Waals surface area contributed by atoms with Gasteiger partial charge in [0.2, 0.25) is 5.91 Å². The van der Waals surface area contributed by atoms with Gasteiger partial charge in [0.15, 0.2) is 0 Å². The van der Waals surface area contributed by atoms with Crippen LogP contribution in [0.3, 0.4) is 0 Å². The largest absolute Gasteiger partial charge is 0.371 e. The van der Waals surface area contributed by atoms with Gasteiger partial charge in [-0.25, -0.2) is 8.57 Å². The van der Waals surface area contributed by atoms with Crippen LogP contribution in [0.1, 0.15) is 25.5 Å². The fraction of sp³-hybridized carbons (Fsp3) is 0.579. The van der Waals surface area contributed by atoms with Gasteiger partial charge in [0.05, 0.1) is 29.8 Å². The lowest BCUT2D eigenvalue weighted by molar-refractivity contribution is -0.151. The Morgan fingerprint density at radius 3 is 2.93 bits per heavy atom. The third kappa shape index (κ3) is 3.73. The summed E-state index contributed by atoms with van der Waals surface area (Å²) in [6, 6.07) is 7.81. The van der Waals surface area contributed by atoms with Crippen LogP contribution in [-0.4, -0.2) is 68.6 Å². The van der Waals surface area contributed by atoms with Crippen molar-refractivity contribution in [2.45, 2.75) is 31.8 Å². The lowest BCUT2D eigenvalue weighted by Crippen LogP contribution is -2.56. The number of nitrogens with zero attached hydrogens (tertiary/aromatic N) is 3. The van der Waals surface area contributed by atoms with E-state index >= 15 is 0 Å². The summed E-state index contributed by atoms with van der Waals surface area (Å²) in [5, 5.41) is 8.26. The smallest absolute Gasteiger partial charge is 0.228 e. The van der Waals surface area contributed by atoms with Crippen molar-refractivity contribution in [2.24, 2.45) is 4.36 Å². The number of amides is 1. The minimum atomic E-state index is -2.09. The molecular formula is C19H26N4O3S. The summed E-state index contributed by atoms with van der Waals surface area (Å²) in [7, 11) is -2.09. The molecule has 4 rings (SSSR count). The molecule has 1 spiro atoms. The zero-order chi connectivity index (χ0) is 18.9. The second-order valence-electron chi connectivity index (χ2n) is 7.37. The number of ether oxygens (including phenoxy) is 1. The molecule has 3 heterocycles. The van der Waals surface area contributed by atoms with E-state index in [0.29, 0.717) is 57.0 Å². The number of benzene rings is 1. The van der Waals surface area contributed by atoms with Gasteiger partial charge in [-0.05, 0) is 25.8 Å². The van der Waals surface area contributed by atoms with Crippen molar-refractivity contribution >= 4 is 26.5 Å². The zero-order valence-corrected chi connectivity index (χ0v) is 16.5. The van der Waals surface area contributed by atoms with Crippen molar-refractivity contribution in [3.05, 3.63) is 30.0 Å². The number of hydrogen-bond donors (Lipinski definition) is 1. The monoisotopic (exact) mass is 390 g/mol. The summed E-state index contributed by atoms with van der Waals surface area (Å²) in [4.78, 5) is 14.8. The molecule has 2 saturated heterocycles. The maximum atomic E-state index is 12.9. The molecule has 1 aromatic carbocycles. The predicted octanol–water partition coefficient (Wildman–Crippen LogP) is 1.98. The first-order valence-electron chi connectivity index (χ1n) is 9.55. The summed E-state index contributed by atoms with van der Waals surface area (Å²) < 4.78 is 23.1. The first kappa shape index (κ1) is 18.4. The molecule has 7 nitrogen and oxygen atoms in total. The first-order chi connectivity index (χ1) is 13.0. The third-order valence-electron chi connectivity index (χ3n) is 5.59. The van der Waals surface area contributed by atoms with Crippen molar-refractivity contribution in [1.82, 2.24) is 15.1 Å². The Labute approximate surface area is 159 Å². The van der Waals surface area contributed by atoms with E-state index in [1.807, 2.05) is 36.1 Å². The summed E-state index contributed by atoms with van der Waals surface area (Å²) in [6.07, 6.45) is 1.71. The molecule has 146 valence electrons. The van der Waals surface area contributed by atoms with E-state index in [2.05, 4.69) is 14.6 Å². The number of hydrogen-bond acceptors (Lipinski definition) is 5. The molecular weight excluding hydrogens is 364 g/mol. The summed E-state index contributed by atoms with van der Waals surface area (Å²) in [6.45, 7) is 4.21. The van der Waals surface area contributed by atoms with Crippen LogP contribution < -0.4 is 0 Å². The number of H-pyrrole nitrogens is 1. The van der Waals surface area contributed by atoms with Crippen molar-refractivity contribution in [1.29, 1.82) is 0 Å². The highest BCUT2D eigenvalue weighted by molar-refractivity contribution is 7.93. The van der Waals surface area contributed by atoms with Crippen LogP contribution >= 0.6 is 0 Å². The fourth-order valence-corrected chi connectivity index (χ4v) is 6.37. The van der Waals surface area contributed by atoms with Crippen LogP contribution in [0.2, 0.25) is 0 Å². The van der Waals surface area contributed by atoms with Crippen molar-refractivity contribution in [3.63, 3.8) is 0 Å². The quantitative estimate of drug-likeness (QED) is 0.868. The highest BCUT2D eigenvalue weighted by Gasteiger charge is 2.42. The lowest BCUT2D eigenvalue weighted by Gasteiger charge is -2.45. The minimum Gasteiger partial charge on any atom is -0.371 e. The van der Waals surface area contributed by atoms with E-state index in [1.54, 1.807) is 0 Å². The summed E-state index contributed by atoms with van der Waals surface area (Å²) >= 11 is 0. The van der Waals surface area contributed by atoms with E-state index in [-0.39, 0.29) is 11.5 Å². The Morgan fingerprint density at radius 2 is 2.15 bits per heavy atom. The van der Waals surface area contributed by atoms with Crippen LogP contribution in [0.4, 0.5) is 0 Å². The molecule has 1 aromatic heterocycles. The molecule has 27 heavy (non-hydrogen) atoms. The Morgan fingerprint density at radius 1 is 1.37 bits per heavy atom. The number of fused-ring (bicyclic) bond motifs is 1. The molecule has 1 amide bonds. The number of para-hydroxylation sites is 1. The molecule has 0 aliphatic carbocycles. The van der Waals surface area contributed by atoms with E-state index in [9.17, 15) is 9.00 Å². The molecule has 2 aromatic rings. The number of carbonyl (C=O) groups excluding carboxylic acids is 1. The lowest BCUT2D eigenvalue weighted by atomic mass is 9.94. The van der Waals surface area contributed by atoms with E-state index in [0.717, 1.165) is 16.6 Å². The molecule has 2 fully saturated rings. The predicted molar refractivity (Wildman–Crippen MR) is 105 cm³/mol. The number of rotatable bonds is 3. The van der Waals surface area contributed by atoms with Gasteiger partial charge in [0.1, 0.15) is 0 Å². The number of nitrogens with one attached hydrogen (secondary N) is 1. The molecule has 0 radical (unpaired) electrons. The van der Waals surface area contributed by atoms with Gasteiger partial charge in [0, 0.05) is 46.3 Å². The van der Waals surface area contributed by atoms with Gasteiger partial charge in [-0.2, -0.15) is 5.10 Å². The number of carbonyl (C=O) groups is 1. The number of morpholine rings is 1. The Hall–Kier alpha value is -1.93. The van der Waals surface area contributed by atoms with Gasteiger partial charge < -0.3 is 9.64 Å². The van der Waals surface area contributed by atoms with Gasteiger partial charge >= 0.3 is 0 Å². The fourth-order valence-electron chi connectivity index (χ4n) is 4.05. The second kappa shape index (κ2) is 7.24. The molecule has 2 aliphatic heterocycles.